The molecule has 1 aromatic carbocycles. The summed E-state index contributed by atoms with van der Waals surface area (Å²) in [4.78, 5) is 14.3. The van der Waals surface area contributed by atoms with Gasteiger partial charge in [-0.25, -0.2) is 4.39 Å². The van der Waals surface area contributed by atoms with Crippen molar-refractivity contribution in [2.24, 2.45) is 0 Å². The molecule has 2 rings (SSSR count). The maximum absolute atomic E-state index is 13.6. The van der Waals surface area contributed by atoms with E-state index < -0.39 is 5.82 Å². The molecule has 5 heteroatoms. The SMILES string of the molecule is CC1CC(NC(=O)c2cc(N)ccc2F)CCN1C. The van der Waals surface area contributed by atoms with E-state index in [0.717, 1.165) is 19.4 Å². The number of amides is 1. The highest BCUT2D eigenvalue weighted by Gasteiger charge is 2.25. The number of nitrogens with zero attached hydrogens (tertiary/aromatic N) is 1. The predicted octanol–water partition coefficient (Wildman–Crippen LogP) is 1.62. The first-order valence-electron chi connectivity index (χ1n) is 6.53. The summed E-state index contributed by atoms with van der Waals surface area (Å²) in [6.07, 6.45) is 1.77. The van der Waals surface area contributed by atoms with Gasteiger partial charge in [0.15, 0.2) is 0 Å². The zero-order valence-electron chi connectivity index (χ0n) is 11.3. The third-order valence-corrected chi connectivity index (χ3v) is 3.78. The van der Waals surface area contributed by atoms with E-state index in [1.54, 1.807) is 0 Å². The maximum atomic E-state index is 13.6. The van der Waals surface area contributed by atoms with E-state index >= 15 is 0 Å². The lowest BCUT2D eigenvalue weighted by atomic mass is 9.98. The van der Waals surface area contributed by atoms with Gasteiger partial charge in [-0.2, -0.15) is 0 Å². The number of rotatable bonds is 2. The number of carbonyl (C=O) groups excluding carboxylic acids is 1. The van der Waals surface area contributed by atoms with Crippen molar-refractivity contribution in [2.45, 2.75) is 31.8 Å². The summed E-state index contributed by atoms with van der Waals surface area (Å²) >= 11 is 0. The minimum atomic E-state index is -0.535. The molecule has 1 fully saturated rings. The first-order chi connectivity index (χ1) is 8.97. The quantitative estimate of drug-likeness (QED) is 0.799. The average molecular weight is 265 g/mol. The number of nitrogens with one attached hydrogen (secondary N) is 1. The number of hydrogen-bond acceptors (Lipinski definition) is 3. The molecule has 1 aromatic rings. The third-order valence-electron chi connectivity index (χ3n) is 3.78. The Morgan fingerprint density at radius 3 is 2.95 bits per heavy atom. The molecule has 2 atom stereocenters. The van der Waals surface area contributed by atoms with Crippen molar-refractivity contribution in [3.63, 3.8) is 0 Å². The van der Waals surface area contributed by atoms with Crippen LogP contribution >= 0.6 is 0 Å². The van der Waals surface area contributed by atoms with E-state index in [1.807, 2.05) is 0 Å². The Morgan fingerprint density at radius 1 is 1.53 bits per heavy atom. The van der Waals surface area contributed by atoms with Crippen molar-refractivity contribution < 1.29 is 9.18 Å². The molecule has 1 aliphatic rings. The molecule has 1 saturated heterocycles. The van der Waals surface area contributed by atoms with Gasteiger partial charge >= 0.3 is 0 Å². The lowest BCUT2D eigenvalue weighted by Crippen LogP contribution is -2.47. The summed E-state index contributed by atoms with van der Waals surface area (Å²) in [6, 6.07) is 4.57. The number of piperidine rings is 1. The van der Waals surface area contributed by atoms with Gasteiger partial charge < -0.3 is 16.0 Å². The Hall–Kier alpha value is -1.62. The summed E-state index contributed by atoms with van der Waals surface area (Å²) in [5, 5.41) is 2.89. The summed E-state index contributed by atoms with van der Waals surface area (Å²) in [5.41, 5.74) is 6.00. The normalized spacial score (nSPS) is 24.2. The van der Waals surface area contributed by atoms with E-state index in [9.17, 15) is 9.18 Å². The number of nitrogens with two attached hydrogens (primary N) is 1. The molecule has 0 aliphatic carbocycles. The van der Waals surface area contributed by atoms with Crippen LogP contribution in [0.4, 0.5) is 10.1 Å². The lowest BCUT2D eigenvalue weighted by Gasteiger charge is -2.35. The van der Waals surface area contributed by atoms with E-state index in [4.69, 9.17) is 5.73 Å². The molecule has 0 saturated carbocycles. The highest BCUT2D eigenvalue weighted by molar-refractivity contribution is 5.95. The van der Waals surface area contributed by atoms with Crippen LogP contribution in [0, 0.1) is 5.82 Å². The molecular weight excluding hydrogens is 245 g/mol. The highest BCUT2D eigenvalue weighted by Crippen LogP contribution is 2.17. The van der Waals surface area contributed by atoms with Crippen LogP contribution in [0.2, 0.25) is 0 Å². The second kappa shape index (κ2) is 5.57. The fourth-order valence-electron chi connectivity index (χ4n) is 2.40. The van der Waals surface area contributed by atoms with Crippen molar-refractivity contribution >= 4 is 11.6 Å². The number of likely N-dealkylation sites (tertiary alicyclic amines) is 1. The molecule has 1 heterocycles. The van der Waals surface area contributed by atoms with E-state index in [2.05, 4.69) is 24.2 Å². The molecule has 19 heavy (non-hydrogen) atoms. The van der Waals surface area contributed by atoms with Gasteiger partial charge in [-0.05, 0) is 45.0 Å². The Morgan fingerprint density at radius 2 is 2.26 bits per heavy atom. The van der Waals surface area contributed by atoms with Gasteiger partial charge in [0.1, 0.15) is 5.82 Å². The van der Waals surface area contributed by atoms with Crippen molar-refractivity contribution in [1.29, 1.82) is 0 Å². The molecular formula is C14H20FN3O. The van der Waals surface area contributed by atoms with Crippen LogP contribution in [-0.2, 0) is 0 Å². The van der Waals surface area contributed by atoms with Crippen molar-refractivity contribution in [3.8, 4) is 0 Å². The van der Waals surface area contributed by atoms with Crippen molar-refractivity contribution in [2.75, 3.05) is 19.3 Å². The summed E-state index contributed by atoms with van der Waals surface area (Å²) in [7, 11) is 2.07. The molecule has 2 unspecified atom stereocenters. The number of benzene rings is 1. The number of nitrogen functional groups attached to an aromatic ring is 1. The molecule has 4 nitrogen and oxygen atoms in total. The van der Waals surface area contributed by atoms with Crippen LogP contribution in [-0.4, -0.2) is 36.5 Å². The van der Waals surface area contributed by atoms with Crippen LogP contribution in [0.1, 0.15) is 30.1 Å². The van der Waals surface area contributed by atoms with Gasteiger partial charge in [-0.15, -0.1) is 0 Å². The second-order valence-electron chi connectivity index (χ2n) is 5.26. The smallest absolute Gasteiger partial charge is 0.254 e. The van der Waals surface area contributed by atoms with Crippen LogP contribution in [0.15, 0.2) is 18.2 Å². The first kappa shape index (κ1) is 13.8. The van der Waals surface area contributed by atoms with Gasteiger partial charge in [-0.3, -0.25) is 4.79 Å². The maximum Gasteiger partial charge on any atom is 0.254 e. The van der Waals surface area contributed by atoms with Crippen LogP contribution in [0.25, 0.3) is 0 Å². The fraction of sp³-hybridized carbons (Fsp3) is 0.500. The molecule has 1 amide bonds. The average Bonchev–Trinajstić information content (AvgIpc) is 2.36. The third kappa shape index (κ3) is 3.23. The van der Waals surface area contributed by atoms with Gasteiger partial charge in [0, 0.05) is 24.3 Å². The monoisotopic (exact) mass is 265 g/mol. The molecule has 1 aliphatic heterocycles. The molecule has 3 N–H and O–H groups in total. The number of halogens is 1. The van der Waals surface area contributed by atoms with Crippen LogP contribution in [0.3, 0.4) is 0 Å². The first-order valence-corrected chi connectivity index (χ1v) is 6.53. The zero-order valence-corrected chi connectivity index (χ0v) is 11.3. The molecule has 0 aromatic heterocycles. The van der Waals surface area contributed by atoms with Crippen LogP contribution < -0.4 is 11.1 Å². The topological polar surface area (TPSA) is 58.4 Å². The number of hydrogen-bond donors (Lipinski definition) is 2. The Labute approximate surface area is 112 Å². The summed E-state index contributed by atoms with van der Waals surface area (Å²) in [5.74, 6) is -0.917. The molecule has 104 valence electrons. The largest absolute Gasteiger partial charge is 0.399 e. The number of anilines is 1. The van der Waals surface area contributed by atoms with Crippen molar-refractivity contribution in [1.82, 2.24) is 10.2 Å². The Kier molecular flexibility index (Phi) is 4.04. The Bertz CT molecular complexity index is 478. The second-order valence-corrected chi connectivity index (χ2v) is 5.26. The van der Waals surface area contributed by atoms with E-state index in [-0.39, 0.29) is 17.5 Å². The van der Waals surface area contributed by atoms with Crippen molar-refractivity contribution in [3.05, 3.63) is 29.6 Å². The summed E-state index contributed by atoms with van der Waals surface area (Å²) in [6.45, 7) is 3.06. The number of carbonyl (C=O) groups is 1. The minimum Gasteiger partial charge on any atom is -0.399 e. The van der Waals surface area contributed by atoms with Gasteiger partial charge in [0.05, 0.1) is 5.56 Å². The van der Waals surface area contributed by atoms with Crippen LogP contribution in [0.5, 0.6) is 0 Å². The Balaban J connectivity index is 2.03. The highest BCUT2D eigenvalue weighted by atomic mass is 19.1. The molecule has 0 bridgehead atoms. The minimum absolute atomic E-state index is 0.0200. The summed E-state index contributed by atoms with van der Waals surface area (Å²) < 4.78 is 13.6. The van der Waals surface area contributed by atoms with Gasteiger partial charge in [0.25, 0.3) is 5.91 Å². The molecule has 0 spiro atoms. The van der Waals surface area contributed by atoms with Gasteiger partial charge in [0.2, 0.25) is 0 Å². The van der Waals surface area contributed by atoms with E-state index in [0.29, 0.717) is 11.7 Å². The lowest BCUT2D eigenvalue weighted by molar-refractivity contribution is 0.0892. The van der Waals surface area contributed by atoms with Gasteiger partial charge in [-0.1, -0.05) is 0 Å². The van der Waals surface area contributed by atoms with E-state index in [1.165, 1.54) is 18.2 Å². The standard InChI is InChI=1S/C14H20FN3O/c1-9-7-11(5-6-18(9)2)17-14(19)12-8-10(16)3-4-13(12)15/h3-4,8-9,11H,5-7,16H2,1-2H3,(H,17,19). The molecule has 0 radical (unpaired) electrons. The predicted molar refractivity (Wildman–Crippen MR) is 73.4 cm³/mol. The fourth-order valence-corrected chi connectivity index (χ4v) is 2.40. The zero-order chi connectivity index (χ0) is 14.0.